The van der Waals surface area contributed by atoms with Crippen molar-refractivity contribution < 1.29 is 4.79 Å². The summed E-state index contributed by atoms with van der Waals surface area (Å²) in [5.74, 6) is 0.704. The Balaban J connectivity index is 0.00000341. The van der Waals surface area contributed by atoms with Crippen LogP contribution in [0.4, 0.5) is 0 Å². The van der Waals surface area contributed by atoms with E-state index in [-0.39, 0.29) is 41.8 Å². The SMILES string of the molecule is CCNC(=NCC(=O)N(C)CCc1ccccn1)NCC1(c2ccccc2)CCC1.I. The minimum atomic E-state index is 0. The second-order valence-electron chi connectivity index (χ2n) is 7.93. The molecule has 1 aliphatic carbocycles. The van der Waals surface area contributed by atoms with Crippen LogP contribution >= 0.6 is 24.0 Å². The van der Waals surface area contributed by atoms with Gasteiger partial charge in [-0.1, -0.05) is 42.8 Å². The first-order valence-electron chi connectivity index (χ1n) is 10.8. The number of aromatic nitrogens is 1. The summed E-state index contributed by atoms with van der Waals surface area (Å²) in [5.41, 5.74) is 2.54. The van der Waals surface area contributed by atoms with Crippen molar-refractivity contribution in [1.29, 1.82) is 0 Å². The van der Waals surface area contributed by atoms with E-state index in [2.05, 4.69) is 50.9 Å². The van der Waals surface area contributed by atoms with Crippen molar-refractivity contribution in [3.8, 4) is 0 Å². The summed E-state index contributed by atoms with van der Waals surface area (Å²) in [6.07, 6.45) is 6.13. The Morgan fingerprint density at radius 2 is 1.87 bits per heavy atom. The number of carbonyl (C=O) groups is 1. The summed E-state index contributed by atoms with van der Waals surface area (Å²) < 4.78 is 0. The van der Waals surface area contributed by atoms with Gasteiger partial charge in [0, 0.05) is 50.4 Å². The molecule has 1 heterocycles. The van der Waals surface area contributed by atoms with Crippen molar-refractivity contribution in [2.45, 2.75) is 38.0 Å². The van der Waals surface area contributed by atoms with Crippen LogP contribution in [0.25, 0.3) is 0 Å². The van der Waals surface area contributed by atoms with Crippen molar-refractivity contribution in [3.05, 3.63) is 66.0 Å². The van der Waals surface area contributed by atoms with Gasteiger partial charge in [0.15, 0.2) is 5.96 Å². The van der Waals surface area contributed by atoms with Gasteiger partial charge < -0.3 is 15.5 Å². The molecule has 0 aliphatic heterocycles. The monoisotopic (exact) mass is 535 g/mol. The number of amides is 1. The summed E-state index contributed by atoms with van der Waals surface area (Å²) in [5, 5.41) is 6.74. The molecule has 0 radical (unpaired) electrons. The molecule has 1 saturated carbocycles. The molecule has 1 aliphatic rings. The number of nitrogens with one attached hydrogen (secondary N) is 2. The maximum absolute atomic E-state index is 12.5. The lowest BCUT2D eigenvalue weighted by Gasteiger charge is -2.43. The molecular weight excluding hydrogens is 501 g/mol. The Kier molecular flexibility index (Phi) is 10.2. The van der Waals surface area contributed by atoms with E-state index in [1.54, 1.807) is 11.1 Å². The molecule has 0 saturated heterocycles. The zero-order valence-corrected chi connectivity index (χ0v) is 20.8. The van der Waals surface area contributed by atoms with E-state index >= 15 is 0 Å². The zero-order valence-electron chi connectivity index (χ0n) is 18.5. The molecular formula is C24H34IN5O. The average molecular weight is 535 g/mol. The molecule has 0 bridgehead atoms. The Bertz CT molecular complexity index is 824. The van der Waals surface area contributed by atoms with Gasteiger partial charge in [-0.15, -0.1) is 24.0 Å². The lowest BCUT2D eigenvalue weighted by atomic mass is 9.64. The van der Waals surface area contributed by atoms with Crippen LogP contribution in [0, 0.1) is 0 Å². The standard InChI is InChI=1S/C24H33N5O.HI/c1-3-25-23(28-19-24(14-9-15-24)20-10-5-4-6-11-20)27-18-22(30)29(2)17-13-21-12-7-8-16-26-21;/h4-8,10-12,16H,3,9,13-15,17-19H2,1-2H3,(H2,25,27,28);1H. The van der Waals surface area contributed by atoms with Crippen LogP contribution in [0.1, 0.15) is 37.4 Å². The third kappa shape index (κ3) is 7.19. The molecule has 2 N–H and O–H groups in total. The normalized spacial score (nSPS) is 14.7. The highest BCUT2D eigenvalue weighted by molar-refractivity contribution is 14.0. The van der Waals surface area contributed by atoms with Crippen LogP contribution in [0.15, 0.2) is 59.7 Å². The van der Waals surface area contributed by atoms with Gasteiger partial charge in [0.05, 0.1) is 0 Å². The molecule has 0 spiro atoms. The molecule has 1 aromatic carbocycles. The molecule has 6 nitrogen and oxygen atoms in total. The summed E-state index contributed by atoms with van der Waals surface area (Å²) in [7, 11) is 1.82. The smallest absolute Gasteiger partial charge is 0.244 e. The number of hydrogen-bond acceptors (Lipinski definition) is 3. The number of aliphatic imine (C=N–C) groups is 1. The highest BCUT2D eigenvalue weighted by atomic mass is 127. The predicted molar refractivity (Wildman–Crippen MR) is 137 cm³/mol. The first kappa shape index (κ1) is 25.1. The fourth-order valence-electron chi connectivity index (χ4n) is 3.78. The maximum Gasteiger partial charge on any atom is 0.244 e. The number of halogens is 1. The number of rotatable bonds is 9. The van der Waals surface area contributed by atoms with Crippen molar-refractivity contribution >= 4 is 35.8 Å². The fraction of sp³-hybridized carbons (Fsp3) is 0.458. The number of carbonyl (C=O) groups excluding carboxylic acids is 1. The molecule has 3 rings (SSSR count). The van der Waals surface area contributed by atoms with E-state index in [0.717, 1.165) is 25.2 Å². The number of hydrogen-bond donors (Lipinski definition) is 2. The highest BCUT2D eigenvalue weighted by Crippen LogP contribution is 2.43. The van der Waals surface area contributed by atoms with Gasteiger partial charge in [-0.2, -0.15) is 0 Å². The topological polar surface area (TPSA) is 69.6 Å². The molecule has 1 aromatic heterocycles. The lowest BCUT2D eigenvalue weighted by Crippen LogP contribution is -2.49. The van der Waals surface area contributed by atoms with Gasteiger partial charge in [0.25, 0.3) is 0 Å². The van der Waals surface area contributed by atoms with Crippen LogP contribution < -0.4 is 10.6 Å². The van der Waals surface area contributed by atoms with Gasteiger partial charge >= 0.3 is 0 Å². The van der Waals surface area contributed by atoms with Crippen molar-refractivity contribution in [2.75, 3.05) is 33.2 Å². The third-order valence-electron chi connectivity index (χ3n) is 5.86. The van der Waals surface area contributed by atoms with Crippen LogP contribution in [0.5, 0.6) is 0 Å². The van der Waals surface area contributed by atoms with E-state index in [1.807, 2.05) is 32.2 Å². The Hall–Kier alpha value is -2.16. The molecule has 1 fully saturated rings. The largest absolute Gasteiger partial charge is 0.357 e. The minimum absolute atomic E-state index is 0. The number of benzene rings is 1. The van der Waals surface area contributed by atoms with E-state index in [4.69, 9.17) is 0 Å². The zero-order chi connectivity index (χ0) is 21.2. The van der Waals surface area contributed by atoms with E-state index in [0.29, 0.717) is 12.5 Å². The van der Waals surface area contributed by atoms with E-state index in [1.165, 1.54) is 24.8 Å². The Labute approximate surface area is 203 Å². The highest BCUT2D eigenvalue weighted by Gasteiger charge is 2.38. The van der Waals surface area contributed by atoms with Crippen molar-refractivity contribution in [1.82, 2.24) is 20.5 Å². The number of guanidine groups is 1. The van der Waals surface area contributed by atoms with E-state index in [9.17, 15) is 4.79 Å². The number of pyridine rings is 1. The summed E-state index contributed by atoms with van der Waals surface area (Å²) in [6, 6.07) is 16.5. The summed E-state index contributed by atoms with van der Waals surface area (Å²) in [4.78, 5) is 23.1. The molecule has 7 heteroatoms. The summed E-state index contributed by atoms with van der Waals surface area (Å²) in [6.45, 7) is 4.38. The molecule has 0 atom stereocenters. The first-order chi connectivity index (χ1) is 14.6. The van der Waals surface area contributed by atoms with Crippen LogP contribution in [0.3, 0.4) is 0 Å². The summed E-state index contributed by atoms with van der Waals surface area (Å²) >= 11 is 0. The number of nitrogens with zero attached hydrogens (tertiary/aromatic N) is 3. The third-order valence-corrected chi connectivity index (χ3v) is 5.86. The van der Waals surface area contributed by atoms with Crippen LogP contribution in [-0.2, 0) is 16.6 Å². The molecule has 2 aromatic rings. The van der Waals surface area contributed by atoms with Crippen LogP contribution in [0.2, 0.25) is 0 Å². The molecule has 31 heavy (non-hydrogen) atoms. The predicted octanol–water partition coefficient (Wildman–Crippen LogP) is 3.38. The second kappa shape index (κ2) is 12.6. The minimum Gasteiger partial charge on any atom is -0.357 e. The van der Waals surface area contributed by atoms with Crippen molar-refractivity contribution in [3.63, 3.8) is 0 Å². The van der Waals surface area contributed by atoms with E-state index < -0.39 is 0 Å². The molecule has 168 valence electrons. The van der Waals surface area contributed by atoms with Gasteiger partial charge in [0.1, 0.15) is 6.54 Å². The van der Waals surface area contributed by atoms with Crippen molar-refractivity contribution in [2.24, 2.45) is 4.99 Å². The quantitative estimate of drug-likeness (QED) is 0.294. The van der Waals surface area contributed by atoms with Gasteiger partial charge in [0.2, 0.25) is 5.91 Å². The fourth-order valence-corrected chi connectivity index (χ4v) is 3.78. The average Bonchev–Trinajstić information content (AvgIpc) is 2.76. The van der Waals surface area contributed by atoms with Gasteiger partial charge in [-0.25, -0.2) is 4.99 Å². The molecule has 0 unspecified atom stereocenters. The van der Waals surface area contributed by atoms with Gasteiger partial charge in [-0.05, 0) is 37.5 Å². The molecule has 1 amide bonds. The van der Waals surface area contributed by atoms with Crippen LogP contribution in [-0.4, -0.2) is 55.0 Å². The number of likely N-dealkylation sites (N-methyl/N-ethyl adjacent to an activating group) is 1. The Morgan fingerprint density at radius 3 is 2.48 bits per heavy atom. The Morgan fingerprint density at radius 1 is 1.13 bits per heavy atom. The first-order valence-corrected chi connectivity index (χ1v) is 10.8. The second-order valence-corrected chi connectivity index (χ2v) is 7.93. The maximum atomic E-state index is 12.5. The van der Waals surface area contributed by atoms with Gasteiger partial charge in [-0.3, -0.25) is 9.78 Å². The lowest BCUT2D eigenvalue weighted by molar-refractivity contribution is -0.128.